The Morgan fingerprint density at radius 3 is 2.29 bits per heavy atom. The van der Waals surface area contributed by atoms with Crippen molar-refractivity contribution in [2.45, 2.75) is 24.9 Å². The molecule has 1 saturated heterocycles. The second-order valence-corrected chi connectivity index (χ2v) is 9.28. The lowest BCUT2D eigenvalue weighted by atomic mass is 10.1. The SMILES string of the molecule is Cc1ccc(OCC(=O)N2CCN(S(=O)(=O)c3cccc(C(F)(F)F)c3)CC2)cc1C. The minimum absolute atomic E-state index is 0.00599. The standard InChI is InChI=1S/C21H23F3N2O4S/c1-15-6-7-18(12-16(15)2)30-14-20(27)25-8-10-26(11-9-25)31(28,29)19-5-3-4-17(13-19)21(22,23)24/h3-7,12-13H,8-11,14H2,1-2H3. The number of amides is 1. The molecular weight excluding hydrogens is 433 g/mol. The summed E-state index contributed by atoms with van der Waals surface area (Å²) in [5.41, 5.74) is 1.13. The summed E-state index contributed by atoms with van der Waals surface area (Å²) in [6, 6.07) is 9.17. The molecule has 1 aliphatic heterocycles. The summed E-state index contributed by atoms with van der Waals surface area (Å²) < 4.78 is 70.8. The second kappa shape index (κ2) is 8.88. The molecule has 1 amide bonds. The molecule has 0 aliphatic carbocycles. The molecule has 0 N–H and O–H groups in total. The molecule has 168 valence electrons. The first kappa shape index (κ1) is 23.1. The molecule has 0 atom stereocenters. The van der Waals surface area contributed by atoms with E-state index < -0.39 is 26.7 Å². The largest absolute Gasteiger partial charge is 0.484 e. The van der Waals surface area contributed by atoms with Gasteiger partial charge in [0.05, 0.1) is 10.5 Å². The number of hydrogen-bond acceptors (Lipinski definition) is 4. The van der Waals surface area contributed by atoms with Gasteiger partial charge in [-0.1, -0.05) is 12.1 Å². The van der Waals surface area contributed by atoms with E-state index in [2.05, 4.69) is 0 Å². The van der Waals surface area contributed by atoms with Crippen LogP contribution in [0.2, 0.25) is 0 Å². The molecule has 2 aromatic carbocycles. The summed E-state index contributed by atoms with van der Waals surface area (Å²) in [6.45, 7) is 3.98. The number of rotatable bonds is 5. The van der Waals surface area contributed by atoms with Crippen LogP contribution in [0.3, 0.4) is 0 Å². The van der Waals surface area contributed by atoms with E-state index in [9.17, 15) is 26.4 Å². The van der Waals surface area contributed by atoms with Crippen LogP contribution in [-0.2, 0) is 21.0 Å². The first-order valence-corrected chi connectivity index (χ1v) is 11.1. The van der Waals surface area contributed by atoms with Crippen LogP contribution < -0.4 is 4.74 Å². The van der Waals surface area contributed by atoms with Gasteiger partial charge in [0.15, 0.2) is 6.61 Å². The minimum Gasteiger partial charge on any atom is -0.484 e. The molecular formula is C21H23F3N2O4S. The summed E-state index contributed by atoms with van der Waals surface area (Å²) in [7, 11) is -4.09. The molecule has 31 heavy (non-hydrogen) atoms. The molecule has 1 heterocycles. The quantitative estimate of drug-likeness (QED) is 0.693. The average molecular weight is 456 g/mol. The third-order valence-corrected chi connectivity index (χ3v) is 7.13. The van der Waals surface area contributed by atoms with E-state index >= 15 is 0 Å². The first-order valence-electron chi connectivity index (χ1n) is 9.64. The Hall–Kier alpha value is -2.59. The highest BCUT2D eigenvalue weighted by atomic mass is 32.2. The van der Waals surface area contributed by atoms with Crippen LogP contribution in [0.1, 0.15) is 16.7 Å². The minimum atomic E-state index is -4.63. The van der Waals surface area contributed by atoms with Crippen LogP contribution in [0.25, 0.3) is 0 Å². The zero-order chi connectivity index (χ0) is 22.8. The molecule has 0 bridgehead atoms. The first-order chi connectivity index (χ1) is 14.5. The highest BCUT2D eigenvalue weighted by Gasteiger charge is 2.34. The van der Waals surface area contributed by atoms with Crippen LogP contribution in [-0.4, -0.2) is 56.3 Å². The van der Waals surface area contributed by atoms with Gasteiger partial charge in [0, 0.05) is 26.2 Å². The zero-order valence-electron chi connectivity index (χ0n) is 17.1. The number of piperazine rings is 1. The van der Waals surface area contributed by atoms with Crippen molar-refractivity contribution in [1.82, 2.24) is 9.21 Å². The van der Waals surface area contributed by atoms with Crippen molar-refractivity contribution in [3.8, 4) is 5.75 Å². The Morgan fingerprint density at radius 1 is 1.00 bits per heavy atom. The molecule has 6 nitrogen and oxygen atoms in total. The number of benzene rings is 2. The maximum atomic E-state index is 12.9. The number of ether oxygens (including phenoxy) is 1. The van der Waals surface area contributed by atoms with E-state index in [4.69, 9.17) is 4.74 Å². The van der Waals surface area contributed by atoms with Crippen molar-refractivity contribution in [3.63, 3.8) is 0 Å². The van der Waals surface area contributed by atoms with E-state index in [-0.39, 0.29) is 38.7 Å². The molecule has 0 saturated carbocycles. The predicted octanol–water partition coefficient (Wildman–Crippen LogP) is 3.23. The monoisotopic (exact) mass is 456 g/mol. The molecule has 0 spiro atoms. The van der Waals surface area contributed by atoms with E-state index in [0.717, 1.165) is 33.6 Å². The number of hydrogen-bond donors (Lipinski definition) is 0. The van der Waals surface area contributed by atoms with Gasteiger partial charge in [-0.25, -0.2) is 8.42 Å². The molecule has 0 radical (unpaired) electrons. The van der Waals surface area contributed by atoms with Crippen LogP contribution >= 0.6 is 0 Å². The molecule has 10 heteroatoms. The van der Waals surface area contributed by atoms with Crippen molar-refractivity contribution in [3.05, 3.63) is 59.2 Å². The summed E-state index contributed by atoms with van der Waals surface area (Å²) in [5.74, 6) is 0.288. The molecule has 0 unspecified atom stereocenters. The van der Waals surface area contributed by atoms with Crippen molar-refractivity contribution in [2.24, 2.45) is 0 Å². The van der Waals surface area contributed by atoms with Gasteiger partial charge in [-0.2, -0.15) is 17.5 Å². The predicted molar refractivity (Wildman–Crippen MR) is 108 cm³/mol. The Morgan fingerprint density at radius 2 is 1.68 bits per heavy atom. The van der Waals surface area contributed by atoms with Crippen LogP contribution in [0.4, 0.5) is 13.2 Å². The van der Waals surface area contributed by atoms with E-state index in [1.54, 1.807) is 6.07 Å². The van der Waals surface area contributed by atoms with Crippen molar-refractivity contribution in [2.75, 3.05) is 32.8 Å². The molecule has 1 aliphatic rings. The fourth-order valence-electron chi connectivity index (χ4n) is 3.20. The number of halogens is 3. The molecule has 3 rings (SSSR count). The number of aryl methyl sites for hydroxylation is 2. The molecule has 1 fully saturated rings. The summed E-state index contributed by atoms with van der Waals surface area (Å²) >= 11 is 0. The van der Waals surface area contributed by atoms with Gasteiger partial charge in [0.1, 0.15) is 5.75 Å². The highest BCUT2D eigenvalue weighted by Crippen LogP contribution is 2.31. The zero-order valence-corrected chi connectivity index (χ0v) is 18.0. The van der Waals surface area contributed by atoms with Crippen LogP contribution in [0, 0.1) is 13.8 Å². The van der Waals surface area contributed by atoms with Gasteiger partial charge in [0.25, 0.3) is 5.91 Å². The van der Waals surface area contributed by atoms with Crippen molar-refractivity contribution >= 4 is 15.9 Å². The maximum Gasteiger partial charge on any atom is 0.416 e. The number of carbonyl (C=O) groups is 1. The summed E-state index contributed by atoms with van der Waals surface area (Å²) in [4.78, 5) is 13.5. The summed E-state index contributed by atoms with van der Waals surface area (Å²) in [6.07, 6.45) is -4.63. The Bertz CT molecular complexity index is 1060. The number of carbonyl (C=O) groups excluding carboxylic acids is 1. The summed E-state index contributed by atoms with van der Waals surface area (Å²) in [5, 5.41) is 0. The highest BCUT2D eigenvalue weighted by molar-refractivity contribution is 7.89. The Kier molecular flexibility index (Phi) is 6.61. The average Bonchev–Trinajstić information content (AvgIpc) is 2.74. The number of alkyl halides is 3. The fourth-order valence-corrected chi connectivity index (χ4v) is 4.67. The third kappa shape index (κ3) is 5.37. The van der Waals surface area contributed by atoms with Crippen molar-refractivity contribution in [1.29, 1.82) is 0 Å². The Labute approximate surface area is 179 Å². The topological polar surface area (TPSA) is 66.9 Å². The fraction of sp³-hybridized carbons (Fsp3) is 0.381. The van der Waals surface area contributed by atoms with Crippen molar-refractivity contribution < 1.29 is 31.1 Å². The lowest BCUT2D eigenvalue weighted by Crippen LogP contribution is -2.51. The number of nitrogens with zero attached hydrogens (tertiary/aromatic N) is 2. The maximum absolute atomic E-state index is 12.9. The third-order valence-electron chi connectivity index (χ3n) is 5.23. The van der Waals surface area contributed by atoms with Gasteiger partial charge < -0.3 is 9.64 Å². The smallest absolute Gasteiger partial charge is 0.416 e. The number of sulfonamides is 1. The van der Waals surface area contributed by atoms with Crippen LogP contribution in [0.5, 0.6) is 5.75 Å². The van der Waals surface area contributed by atoms with Gasteiger partial charge in [-0.05, 0) is 55.3 Å². The second-order valence-electron chi connectivity index (χ2n) is 7.35. The Balaban J connectivity index is 1.59. The lowest BCUT2D eigenvalue weighted by molar-refractivity contribution is -0.138. The van der Waals surface area contributed by atoms with E-state index in [1.165, 1.54) is 4.90 Å². The van der Waals surface area contributed by atoms with E-state index in [1.807, 2.05) is 26.0 Å². The van der Waals surface area contributed by atoms with Crippen LogP contribution in [0.15, 0.2) is 47.4 Å². The van der Waals surface area contributed by atoms with E-state index in [0.29, 0.717) is 11.8 Å². The van der Waals surface area contributed by atoms with Gasteiger partial charge in [0.2, 0.25) is 10.0 Å². The van der Waals surface area contributed by atoms with Gasteiger partial charge in [-0.3, -0.25) is 4.79 Å². The van der Waals surface area contributed by atoms with Gasteiger partial charge in [-0.15, -0.1) is 0 Å². The molecule has 2 aromatic rings. The normalized spacial score (nSPS) is 15.7. The molecule has 0 aromatic heterocycles. The lowest BCUT2D eigenvalue weighted by Gasteiger charge is -2.34. The van der Waals surface area contributed by atoms with Gasteiger partial charge >= 0.3 is 6.18 Å².